The van der Waals surface area contributed by atoms with Gasteiger partial charge in [-0.1, -0.05) is 0 Å². The predicted molar refractivity (Wildman–Crippen MR) is 148 cm³/mol. The van der Waals surface area contributed by atoms with Gasteiger partial charge in [-0.3, -0.25) is 0 Å². The molecule has 0 aliphatic rings. The summed E-state index contributed by atoms with van der Waals surface area (Å²) in [7, 11) is 1.55. The van der Waals surface area contributed by atoms with Crippen LogP contribution < -0.4 is 0 Å². The molecule has 0 fully saturated rings. The van der Waals surface area contributed by atoms with E-state index in [1.54, 1.807) is 7.11 Å². The summed E-state index contributed by atoms with van der Waals surface area (Å²) in [6, 6.07) is 9.50. The fourth-order valence-corrected chi connectivity index (χ4v) is 23.9. The molecular weight excluding hydrogens is 545 g/mol. The quantitative estimate of drug-likeness (QED) is 0.191. The Labute approximate surface area is 219 Å². The number of rotatable bonds is 15. The summed E-state index contributed by atoms with van der Waals surface area (Å²) in [5.41, 5.74) is 0.0809. The van der Waals surface area contributed by atoms with Crippen LogP contribution in [0.15, 0.2) is 30.3 Å². The minimum atomic E-state index is -3.05. The summed E-state index contributed by atoms with van der Waals surface area (Å²) in [6.07, 6.45) is 6.36. The first-order valence-corrected chi connectivity index (χ1v) is 21.4. The first-order valence-electron chi connectivity index (χ1n) is 13.7. The van der Waals surface area contributed by atoms with E-state index in [0.29, 0.717) is 0 Å². The number of ether oxygens (including phenoxy) is 2. The van der Waals surface area contributed by atoms with E-state index in [4.69, 9.17) is 9.47 Å². The summed E-state index contributed by atoms with van der Waals surface area (Å²) in [5.74, 6) is -0.287. The molecule has 0 heterocycles. The van der Waals surface area contributed by atoms with Crippen molar-refractivity contribution in [3.8, 4) is 0 Å². The Kier molecular flexibility index (Phi) is 14.5. The molecule has 0 aliphatic heterocycles. The predicted octanol–water partition coefficient (Wildman–Crippen LogP) is 8.30. The van der Waals surface area contributed by atoms with Crippen molar-refractivity contribution in [1.29, 1.82) is 0 Å². The molecule has 0 aliphatic carbocycles. The molecule has 0 unspecified atom stereocenters. The molecule has 35 heavy (non-hydrogen) atoms. The molecule has 0 aromatic heterocycles. The zero-order valence-electron chi connectivity index (χ0n) is 23.7. The normalized spacial score (nSPS) is 13.8. The van der Waals surface area contributed by atoms with Crippen molar-refractivity contribution in [1.82, 2.24) is 4.90 Å². The van der Waals surface area contributed by atoms with E-state index in [1.165, 1.54) is 37.5 Å². The maximum atomic E-state index is 14.2. The molecule has 0 saturated heterocycles. The third-order valence-electron chi connectivity index (χ3n) is 6.88. The van der Waals surface area contributed by atoms with E-state index in [0.717, 1.165) is 31.2 Å². The average Bonchev–Trinajstić information content (AvgIpc) is 2.82. The molecule has 2 amide bonds. The van der Waals surface area contributed by atoms with Crippen molar-refractivity contribution in [3.63, 3.8) is 0 Å². The molecule has 0 saturated carbocycles. The molecule has 1 aromatic rings. The number of carbonyl (C=O) groups is 2. The monoisotopic (exact) mass is 597 g/mol. The maximum absolute atomic E-state index is 14.2. The third kappa shape index (κ3) is 9.71. The third-order valence-corrected chi connectivity index (χ3v) is 24.4. The van der Waals surface area contributed by atoms with Crippen LogP contribution in [0.1, 0.15) is 105 Å². The van der Waals surface area contributed by atoms with Crippen molar-refractivity contribution >= 4 is 30.4 Å². The van der Waals surface area contributed by atoms with Crippen molar-refractivity contribution in [3.05, 3.63) is 35.9 Å². The zero-order valence-corrected chi connectivity index (χ0v) is 26.5. The molecule has 0 spiro atoms. The number of nitrogens with zero attached hydrogens (tertiary/aromatic N) is 1. The Morgan fingerprint density at radius 3 is 1.74 bits per heavy atom. The van der Waals surface area contributed by atoms with Crippen LogP contribution in [-0.2, 0) is 14.3 Å². The number of hydrogen-bond acceptors (Lipinski definition) is 4. The first kappa shape index (κ1) is 31.9. The summed E-state index contributed by atoms with van der Waals surface area (Å²) in [4.78, 5) is 29.5. The molecule has 0 bridgehead atoms. The Bertz CT molecular complexity index is 725. The molecule has 6 heteroatoms. The van der Waals surface area contributed by atoms with Crippen LogP contribution in [0.4, 0.5) is 4.79 Å². The Hall–Kier alpha value is -1.08. The van der Waals surface area contributed by atoms with Gasteiger partial charge in [0.1, 0.15) is 0 Å². The van der Waals surface area contributed by atoms with Crippen LogP contribution >= 0.6 is 0 Å². The van der Waals surface area contributed by atoms with Crippen molar-refractivity contribution in [2.75, 3.05) is 7.11 Å². The number of hydrogen-bond donors (Lipinski definition) is 0. The van der Waals surface area contributed by atoms with Crippen molar-refractivity contribution < 1.29 is 19.1 Å². The van der Waals surface area contributed by atoms with Gasteiger partial charge in [0, 0.05) is 0 Å². The second kappa shape index (κ2) is 15.9. The summed E-state index contributed by atoms with van der Waals surface area (Å²) >= 11 is -3.05. The van der Waals surface area contributed by atoms with Crippen molar-refractivity contribution in [2.24, 2.45) is 0 Å². The van der Waals surface area contributed by atoms with Gasteiger partial charge in [-0.2, -0.15) is 0 Å². The van der Waals surface area contributed by atoms with Crippen LogP contribution in [0.3, 0.4) is 0 Å². The van der Waals surface area contributed by atoms with E-state index < -0.39 is 36.2 Å². The van der Waals surface area contributed by atoms with Gasteiger partial charge in [0.05, 0.1) is 0 Å². The van der Waals surface area contributed by atoms with Gasteiger partial charge < -0.3 is 0 Å². The molecule has 200 valence electrons. The average molecular weight is 596 g/mol. The van der Waals surface area contributed by atoms with Gasteiger partial charge in [-0.05, 0) is 0 Å². The fourth-order valence-electron chi connectivity index (χ4n) is 5.17. The molecule has 0 N–H and O–H groups in total. The van der Waals surface area contributed by atoms with Gasteiger partial charge in [0.25, 0.3) is 0 Å². The van der Waals surface area contributed by atoms with Gasteiger partial charge in [-0.25, -0.2) is 0 Å². The number of amides is 2. The van der Waals surface area contributed by atoms with Crippen LogP contribution in [-0.4, -0.2) is 52.0 Å². The number of methoxy groups -OCH3 is 1. The van der Waals surface area contributed by atoms with Crippen LogP contribution in [0, 0.1) is 0 Å². The van der Waals surface area contributed by atoms with E-state index in [2.05, 4.69) is 27.7 Å². The zero-order chi connectivity index (χ0) is 26.5. The Morgan fingerprint density at radius 2 is 1.37 bits per heavy atom. The second-order valence-electron chi connectivity index (χ2n) is 10.8. The number of unbranched alkanes of at least 4 members (excludes halogenated alkanes) is 3. The molecule has 5 nitrogen and oxygen atoms in total. The number of benzene rings is 1. The molecule has 2 atom stereocenters. The topological polar surface area (TPSA) is 55.8 Å². The molecule has 1 aromatic carbocycles. The summed E-state index contributed by atoms with van der Waals surface area (Å²) in [5, 5.41) is 0. The summed E-state index contributed by atoms with van der Waals surface area (Å²) < 4.78 is 15.2. The van der Waals surface area contributed by atoms with Crippen molar-refractivity contribution in [2.45, 2.75) is 122 Å². The van der Waals surface area contributed by atoms with Crippen LogP contribution in [0.25, 0.3) is 0 Å². The van der Waals surface area contributed by atoms with Gasteiger partial charge >= 0.3 is 220 Å². The SMILES string of the molecule is CCC[CH2][Sn]([CH2]CCC)([CH2]CCC)[C@H](CC)N(C(=O)OC(C)(C)C)C(=O)[C@@H](OC)c1ccccc1. The second-order valence-corrected chi connectivity index (χ2v) is 24.8. The summed E-state index contributed by atoms with van der Waals surface area (Å²) in [6.45, 7) is 14.5. The number of carbonyl (C=O) groups excluding carboxylic acids is 2. The fraction of sp³-hybridized carbons (Fsp3) is 0.724. The van der Waals surface area contributed by atoms with Crippen LogP contribution in [0.5, 0.6) is 0 Å². The van der Waals surface area contributed by atoms with E-state index in [-0.39, 0.29) is 9.96 Å². The standard InChI is InChI=1S/C17H24NO4.3C4H9.Sn/c1-6-12-18(16(20)22-17(2,3)4)15(19)14(21-5)13-10-8-7-9-11-13;3*1-3-4-2;/h7-12,14H,6H2,1-5H3;3*1,3-4H2,2H3;/t14-;;;;/m0..../s1. The van der Waals surface area contributed by atoms with Gasteiger partial charge in [0.2, 0.25) is 0 Å². The van der Waals surface area contributed by atoms with Crippen LogP contribution in [0.2, 0.25) is 13.3 Å². The van der Waals surface area contributed by atoms with Gasteiger partial charge in [0.15, 0.2) is 0 Å². The Morgan fingerprint density at radius 1 is 0.886 bits per heavy atom. The number of imide groups is 1. The van der Waals surface area contributed by atoms with E-state index in [9.17, 15) is 9.59 Å². The van der Waals surface area contributed by atoms with Gasteiger partial charge in [-0.15, -0.1) is 0 Å². The van der Waals surface area contributed by atoms with E-state index >= 15 is 0 Å². The minimum absolute atomic E-state index is 0.0438. The molecular formula is C29H51NO4Sn. The molecule has 0 radical (unpaired) electrons. The molecule has 1 rings (SSSR count). The Balaban J connectivity index is 3.66. The first-order chi connectivity index (χ1) is 16.6. The van der Waals surface area contributed by atoms with E-state index in [1.807, 2.05) is 51.1 Å².